The second-order valence-electron chi connectivity index (χ2n) is 4.82. The molecule has 1 saturated heterocycles. The number of hydrogen-bond acceptors (Lipinski definition) is 2. The average Bonchev–Trinajstić information content (AvgIpc) is 2.68. The Balaban J connectivity index is 1.98. The van der Waals surface area contributed by atoms with Crippen molar-refractivity contribution in [2.75, 3.05) is 13.2 Å². The maximum absolute atomic E-state index is 11.7. The van der Waals surface area contributed by atoms with Gasteiger partial charge < -0.3 is 4.90 Å². The van der Waals surface area contributed by atoms with E-state index in [1.165, 1.54) is 32.1 Å². The zero-order valence-electron chi connectivity index (χ0n) is 9.67. The number of nitrogens with zero attached hydrogens (tertiary/aromatic N) is 1. The number of nitrogens with one attached hydrogen (secondary N) is 1. The average molecular weight is 210 g/mol. The highest BCUT2D eigenvalue weighted by atomic mass is 16.2. The molecule has 1 heterocycles. The van der Waals surface area contributed by atoms with Crippen molar-refractivity contribution in [1.82, 2.24) is 10.2 Å². The molecular weight excluding hydrogens is 188 g/mol. The lowest BCUT2D eigenvalue weighted by Crippen LogP contribution is -2.42. The Morgan fingerprint density at radius 2 is 2.13 bits per heavy atom. The van der Waals surface area contributed by atoms with Crippen LogP contribution in [0, 0.1) is 5.92 Å². The molecule has 3 heteroatoms. The molecular formula is C12H22N2O. The highest BCUT2D eigenvalue weighted by Gasteiger charge is 2.32. The molecule has 1 amide bonds. The first kappa shape index (κ1) is 10.9. The molecule has 0 bridgehead atoms. The van der Waals surface area contributed by atoms with Crippen molar-refractivity contribution < 1.29 is 4.79 Å². The van der Waals surface area contributed by atoms with E-state index in [0.717, 1.165) is 19.0 Å². The summed E-state index contributed by atoms with van der Waals surface area (Å²) in [6.07, 6.45) is 7.86. The number of amides is 1. The molecule has 1 N–H and O–H groups in total. The fourth-order valence-electron chi connectivity index (χ4n) is 3.10. The van der Waals surface area contributed by atoms with Crippen LogP contribution in [0.5, 0.6) is 0 Å². The molecule has 0 spiro atoms. The van der Waals surface area contributed by atoms with Gasteiger partial charge in [-0.05, 0) is 25.2 Å². The first-order valence-corrected chi connectivity index (χ1v) is 6.33. The van der Waals surface area contributed by atoms with Crippen molar-refractivity contribution >= 4 is 5.91 Å². The van der Waals surface area contributed by atoms with Crippen LogP contribution in [0.3, 0.4) is 0 Å². The number of rotatable bonds is 3. The Hall–Kier alpha value is -0.570. The summed E-state index contributed by atoms with van der Waals surface area (Å²) in [7, 11) is 0. The third-order valence-electron chi connectivity index (χ3n) is 3.89. The first-order valence-electron chi connectivity index (χ1n) is 6.33. The zero-order chi connectivity index (χ0) is 10.7. The highest BCUT2D eigenvalue weighted by Crippen LogP contribution is 2.30. The Bertz CT molecular complexity index is 224. The lowest BCUT2D eigenvalue weighted by Gasteiger charge is -2.35. The standard InChI is InChI=1S/C12H22N2O/c1-2-11(10-6-4-3-5-7-10)14-9-13-8-12(14)15/h10-11,13H,2-9H2,1H3. The van der Waals surface area contributed by atoms with E-state index in [4.69, 9.17) is 0 Å². The highest BCUT2D eigenvalue weighted by molar-refractivity contribution is 5.80. The predicted molar refractivity (Wildman–Crippen MR) is 60.4 cm³/mol. The van der Waals surface area contributed by atoms with Gasteiger partial charge in [0.1, 0.15) is 0 Å². The summed E-state index contributed by atoms with van der Waals surface area (Å²) in [5.74, 6) is 1.06. The first-order chi connectivity index (χ1) is 7.33. The molecule has 1 aliphatic heterocycles. The Kier molecular flexibility index (Phi) is 3.62. The van der Waals surface area contributed by atoms with Crippen molar-refractivity contribution in [1.29, 1.82) is 0 Å². The summed E-state index contributed by atoms with van der Waals surface area (Å²) in [5, 5.41) is 3.15. The second kappa shape index (κ2) is 4.97. The van der Waals surface area contributed by atoms with Crippen LogP contribution in [-0.2, 0) is 4.79 Å². The van der Waals surface area contributed by atoms with Crippen LogP contribution in [0.1, 0.15) is 45.4 Å². The number of hydrogen-bond donors (Lipinski definition) is 1. The smallest absolute Gasteiger partial charge is 0.237 e. The van der Waals surface area contributed by atoms with Crippen LogP contribution in [0.4, 0.5) is 0 Å². The van der Waals surface area contributed by atoms with Gasteiger partial charge in [0.05, 0.1) is 13.2 Å². The van der Waals surface area contributed by atoms with Crippen LogP contribution in [0.25, 0.3) is 0 Å². The molecule has 1 unspecified atom stereocenters. The van der Waals surface area contributed by atoms with Crippen LogP contribution < -0.4 is 5.32 Å². The third kappa shape index (κ3) is 2.33. The Morgan fingerprint density at radius 3 is 2.67 bits per heavy atom. The van der Waals surface area contributed by atoms with Gasteiger partial charge in [-0.1, -0.05) is 26.2 Å². The minimum absolute atomic E-state index is 0.299. The molecule has 0 aromatic heterocycles. The summed E-state index contributed by atoms with van der Waals surface area (Å²) < 4.78 is 0. The molecule has 0 aromatic rings. The van der Waals surface area contributed by atoms with Gasteiger partial charge in [0.25, 0.3) is 0 Å². The SMILES string of the molecule is CCC(C1CCCCC1)N1CNCC1=O. The van der Waals surface area contributed by atoms with E-state index in [2.05, 4.69) is 17.1 Å². The fourth-order valence-corrected chi connectivity index (χ4v) is 3.10. The number of carbonyl (C=O) groups is 1. The van der Waals surface area contributed by atoms with Gasteiger partial charge in [0, 0.05) is 6.04 Å². The van der Waals surface area contributed by atoms with Gasteiger partial charge in [-0.3, -0.25) is 10.1 Å². The molecule has 15 heavy (non-hydrogen) atoms. The Labute approximate surface area is 92.2 Å². The van der Waals surface area contributed by atoms with E-state index < -0.39 is 0 Å². The van der Waals surface area contributed by atoms with Gasteiger partial charge in [0.2, 0.25) is 5.91 Å². The number of carbonyl (C=O) groups excluding carboxylic acids is 1. The van der Waals surface area contributed by atoms with Gasteiger partial charge in [-0.25, -0.2) is 0 Å². The van der Waals surface area contributed by atoms with Gasteiger partial charge in [-0.15, -0.1) is 0 Å². The van der Waals surface area contributed by atoms with Crippen molar-refractivity contribution in [3.63, 3.8) is 0 Å². The molecule has 0 aromatic carbocycles. The minimum atomic E-state index is 0.299. The van der Waals surface area contributed by atoms with Crippen LogP contribution in [-0.4, -0.2) is 30.1 Å². The van der Waals surface area contributed by atoms with Crippen LogP contribution in [0.15, 0.2) is 0 Å². The van der Waals surface area contributed by atoms with E-state index >= 15 is 0 Å². The second-order valence-corrected chi connectivity index (χ2v) is 4.82. The zero-order valence-corrected chi connectivity index (χ0v) is 9.67. The normalized spacial score (nSPS) is 25.9. The van der Waals surface area contributed by atoms with E-state index in [1.54, 1.807) is 0 Å². The molecule has 2 aliphatic rings. The third-order valence-corrected chi connectivity index (χ3v) is 3.89. The topological polar surface area (TPSA) is 32.3 Å². The molecule has 86 valence electrons. The summed E-state index contributed by atoms with van der Waals surface area (Å²) in [6.45, 7) is 3.53. The van der Waals surface area contributed by atoms with Gasteiger partial charge in [0.15, 0.2) is 0 Å². The summed E-state index contributed by atoms with van der Waals surface area (Å²) in [5.41, 5.74) is 0. The molecule has 2 rings (SSSR count). The lowest BCUT2D eigenvalue weighted by molar-refractivity contribution is -0.130. The summed E-state index contributed by atoms with van der Waals surface area (Å²) in [4.78, 5) is 13.7. The van der Waals surface area contributed by atoms with E-state index in [-0.39, 0.29) is 0 Å². The predicted octanol–water partition coefficient (Wildman–Crippen LogP) is 1.73. The van der Waals surface area contributed by atoms with E-state index in [9.17, 15) is 4.79 Å². The Morgan fingerprint density at radius 1 is 1.40 bits per heavy atom. The van der Waals surface area contributed by atoms with Gasteiger partial charge >= 0.3 is 0 Å². The van der Waals surface area contributed by atoms with Gasteiger partial charge in [-0.2, -0.15) is 0 Å². The quantitative estimate of drug-likeness (QED) is 0.769. The lowest BCUT2D eigenvalue weighted by atomic mass is 9.82. The molecule has 2 fully saturated rings. The van der Waals surface area contributed by atoms with Crippen molar-refractivity contribution in [3.8, 4) is 0 Å². The van der Waals surface area contributed by atoms with Crippen molar-refractivity contribution in [3.05, 3.63) is 0 Å². The monoisotopic (exact) mass is 210 g/mol. The largest absolute Gasteiger partial charge is 0.326 e. The maximum Gasteiger partial charge on any atom is 0.237 e. The molecule has 1 saturated carbocycles. The van der Waals surface area contributed by atoms with E-state index in [0.29, 0.717) is 18.5 Å². The minimum Gasteiger partial charge on any atom is -0.326 e. The summed E-state index contributed by atoms with van der Waals surface area (Å²) in [6, 6.07) is 0.493. The molecule has 3 nitrogen and oxygen atoms in total. The van der Waals surface area contributed by atoms with Crippen LogP contribution >= 0.6 is 0 Å². The molecule has 0 radical (unpaired) electrons. The maximum atomic E-state index is 11.7. The van der Waals surface area contributed by atoms with Crippen molar-refractivity contribution in [2.24, 2.45) is 5.92 Å². The summed E-state index contributed by atoms with van der Waals surface area (Å²) >= 11 is 0. The fraction of sp³-hybridized carbons (Fsp3) is 0.917. The van der Waals surface area contributed by atoms with E-state index in [1.807, 2.05) is 0 Å². The molecule has 1 aliphatic carbocycles. The van der Waals surface area contributed by atoms with Crippen molar-refractivity contribution in [2.45, 2.75) is 51.5 Å². The molecule has 1 atom stereocenters. The van der Waals surface area contributed by atoms with Crippen LogP contribution in [0.2, 0.25) is 0 Å².